The second kappa shape index (κ2) is 11.2. The third-order valence-electron chi connectivity index (χ3n) is 5.46. The molecular formula is C31H26O5. The van der Waals surface area contributed by atoms with Crippen LogP contribution in [-0.4, -0.2) is 19.0 Å². The molecule has 0 aromatic heterocycles. The SMILES string of the molecule is COc1ccc2cc(/C=C/c3ccc(OC(C)=O)cc3)ccc2c1/C=C/c1ccc(OC(C)=O)cc1. The molecule has 4 rings (SSSR count). The quantitative estimate of drug-likeness (QED) is 0.162. The fourth-order valence-corrected chi connectivity index (χ4v) is 3.80. The standard InChI is InChI=1S/C31H26O5/c1-21(32)35-27-13-6-23(7-14-27)4-5-25-11-17-29-26(20-25)12-19-31(34-3)30(29)18-10-24-8-15-28(16-9-24)36-22(2)33/h4-20H,1-3H3/b5-4+,18-10+. The van der Waals surface area contributed by atoms with Gasteiger partial charge >= 0.3 is 11.9 Å². The molecule has 0 fully saturated rings. The van der Waals surface area contributed by atoms with Gasteiger partial charge in [-0.25, -0.2) is 0 Å². The van der Waals surface area contributed by atoms with Crippen LogP contribution in [-0.2, 0) is 9.59 Å². The molecule has 4 aromatic carbocycles. The summed E-state index contributed by atoms with van der Waals surface area (Å²) in [6, 6.07) is 25.0. The number of fused-ring (bicyclic) bond motifs is 1. The van der Waals surface area contributed by atoms with Gasteiger partial charge in [-0.2, -0.15) is 0 Å². The number of hydrogen-bond donors (Lipinski definition) is 0. The molecule has 36 heavy (non-hydrogen) atoms. The zero-order valence-electron chi connectivity index (χ0n) is 20.4. The predicted octanol–water partition coefficient (Wildman–Crippen LogP) is 7.04. The van der Waals surface area contributed by atoms with Crippen molar-refractivity contribution in [2.75, 3.05) is 7.11 Å². The Morgan fingerprint density at radius 1 is 0.611 bits per heavy atom. The topological polar surface area (TPSA) is 61.8 Å². The van der Waals surface area contributed by atoms with Crippen molar-refractivity contribution < 1.29 is 23.8 Å². The summed E-state index contributed by atoms with van der Waals surface area (Å²) < 4.78 is 15.8. The van der Waals surface area contributed by atoms with E-state index < -0.39 is 0 Å². The number of rotatable bonds is 7. The monoisotopic (exact) mass is 478 g/mol. The normalized spacial score (nSPS) is 11.2. The van der Waals surface area contributed by atoms with E-state index in [1.165, 1.54) is 13.8 Å². The zero-order valence-corrected chi connectivity index (χ0v) is 20.4. The van der Waals surface area contributed by atoms with Gasteiger partial charge in [-0.05, 0) is 63.9 Å². The fraction of sp³-hybridized carbons (Fsp3) is 0.0968. The summed E-state index contributed by atoms with van der Waals surface area (Å²) in [4.78, 5) is 22.2. The maximum absolute atomic E-state index is 11.1. The van der Waals surface area contributed by atoms with E-state index in [4.69, 9.17) is 14.2 Å². The molecule has 0 saturated carbocycles. The van der Waals surface area contributed by atoms with Gasteiger partial charge in [0.05, 0.1) is 7.11 Å². The Bertz CT molecular complexity index is 1450. The number of methoxy groups -OCH3 is 1. The largest absolute Gasteiger partial charge is 0.496 e. The highest BCUT2D eigenvalue weighted by Crippen LogP contribution is 2.31. The minimum absolute atomic E-state index is 0.336. The van der Waals surface area contributed by atoms with E-state index in [2.05, 4.69) is 18.2 Å². The van der Waals surface area contributed by atoms with E-state index in [9.17, 15) is 9.59 Å². The second-order valence-corrected chi connectivity index (χ2v) is 8.15. The van der Waals surface area contributed by atoms with Gasteiger partial charge in [0.25, 0.3) is 0 Å². The molecule has 0 radical (unpaired) electrons. The molecule has 0 N–H and O–H groups in total. The number of ether oxygens (including phenoxy) is 3. The number of esters is 2. The Kier molecular flexibility index (Phi) is 7.61. The Labute approximate surface area is 210 Å². The minimum Gasteiger partial charge on any atom is -0.496 e. The summed E-state index contributed by atoms with van der Waals surface area (Å²) in [5, 5.41) is 2.16. The molecule has 0 bridgehead atoms. The van der Waals surface area contributed by atoms with Gasteiger partial charge in [-0.1, -0.05) is 66.8 Å². The summed E-state index contributed by atoms with van der Waals surface area (Å²) >= 11 is 0. The van der Waals surface area contributed by atoms with Crippen molar-refractivity contribution >= 4 is 47.0 Å². The summed E-state index contributed by atoms with van der Waals surface area (Å²) in [5.74, 6) is 1.15. The molecule has 0 saturated heterocycles. The van der Waals surface area contributed by atoms with Crippen molar-refractivity contribution in [2.24, 2.45) is 0 Å². The molecule has 0 unspecified atom stereocenters. The first-order valence-corrected chi connectivity index (χ1v) is 11.4. The number of carbonyl (C=O) groups is 2. The summed E-state index contributed by atoms with van der Waals surface area (Å²) in [6.45, 7) is 2.76. The average Bonchev–Trinajstić information content (AvgIpc) is 2.87. The minimum atomic E-state index is -0.342. The molecule has 0 aliphatic carbocycles. The van der Waals surface area contributed by atoms with Crippen molar-refractivity contribution in [3.63, 3.8) is 0 Å². The molecule has 0 heterocycles. The van der Waals surface area contributed by atoms with Crippen LogP contribution >= 0.6 is 0 Å². The van der Waals surface area contributed by atoms with E-state index in [0.717, 1.165) is 38.8 Å². The van der Waals surface area contributed by atoms with Gasteiger partial charge in [0.1, 0.15) is 17.2 Å². The van der Waals surface area contributed by atoms with Crippen LogP contribution in [0.2, 0.25) is 0 Å². The molecule has 4 aromatic rings. The first kappa shape index (κ1) is 24.5. The molecule has 5 heteroatoms. The number of benzene rings is 4. The maximum atomic E-state index is 11.1. The van der Waals surface area contributed by atoms with Crippen LogP contribution in [0.3, 0.4) is 0 Å². The van der Waals surface area contributed by atoms with E-state index in [0.29, 0.717) is 11.5 Å². The van der Waals surface area contributed by atoms with E-state index in [1.54, 1.807) is 31.4 Å². The van der Waals surface area contributed by atoms with Crippen LogP contribution in [0.25, 0.3) is 35.1 Å². The lowest BCUT2D eigenvalue weighted by atomic mass is 9.99. The Morgan fingerprint density at radius 2 is 1.11 bits per heavy atom. The zero-order chi connectivity index (χ0) is 25.5. The van der Waals surface area contributed by atoms with Crippen LogP contribution in [0.1, 0.15) is 36.1 Å². The Hall–Kier alpha value is -4.64. The maximum Gasteiger partial charge on any atom is 0.308 e. The molecule has 180 valence electrons. The Balaban J connectivity index is 1.57. The Morgan fingerprint density at radius 3 is 1.64 bits per heavy atom. The third-order valence-corrected chi connectivity index (χ3v) is 5.46. The lowest BCUT2D eigenvalue weighted by molar-refractivity contribution is -0.132. The van der Waals surface area contributed by atoms with E-state index >= 15 is 0 Å². The first-order valence-electron chi connectivity index (χ1n) is 11.4. The van der Waals surface area contributed by atoms with E-state index in [1.807, 2.05) is 60.7 Å². The third kappa shape index (κ3) is 6.27. The molecule has 0 spiro atoms. The van der Waals surface area contributed by atoms with Crippen molar-refractivity contribution in [2.45, 2.75) is 13.8 Å². The smallest absolute Gasteiger partial charge is 0.308 e. The fourth-order valence-electron chi connectivity index (χ4n) is 3.80. The van der Waals surface area contributed by atoms with Crippen molar-refractivity contribution in [3.05, 3.63) is 101 Å². The lowest BCUT2D eigenvalue weighted by Crippen LogP contribution is -2.00. The number of carbonyl (C=O) groups excluding carboxylic acids is 2. The second-order valence-electron chi connectivity index (χ2n) is 8.15. The molecule has 0 amide bonds. The van der Waals surface area contributed by atoms with Crippen molar-refractivity contribution in [3.8, 4) is 17.2 Å². The molecular weight excluding hydrogens is 452 g/mol. The molecule has 0 aliphatic heterocycles. The highest BCUT2D eigenvalue weighted by molar-refractivity contribution is 5.96. The molecule has 0 atom stereocenters. The molecule has 5 nitrogen and oxygen atoms in total. The van der Waals surface area contributed by atoms with Crippen LogP contribution in [0.4, 0.5) is 0 Å². The van der Waals surface area contributed by atoms with Crippen LogP contribution < -0.4 is 14.2 Å². The summed E-state index contributed by atoms with van der Waals surface area (Å²) in [6.07, 6.45) is 8.09. The lowest BCUT2D eigenvalue weighted by Gasteiger charge is -2.10. The van der Waals surface area contributed by atoms with E-state index in [-0.39, 0.29) is 11.9 Å². The average molecular weight is 479 g/mol. The van der Waals surface area contributed by atoms with Gasteiger partial charge in [0.2, 0.25) is 0 Å². The summed E-state index contributed by atoms with van der Waals surface area (Å²) in [7, 11) is 1.66. The first-order chi connectivity index (χ1) is 17.4. The van der Waals surface area contributed by atoms with Gasteiger partial charge in [0.15, 0.2) is 0 Å². The van der Waals surface area contributed by atoms with Gasteiger partial charge in [-0.3, -0.25) is 9.59 Å². The van der Waals surface area contributed by atoms with Gasteiger partial charge in [-0.15, -0.1) is 0 Å². The van der Waals surface area contributed by atoms with Gasteiger partial charge in [0, 0.05) is 19.4 Å². The van der Waals surface area contributed by atoms with Crippen LogP contribution in [0, 0.1) is 0 Å². The predicted molar refractivity (Wildman–Crippen MR) is 144 cm³/mol. The van der Waals surface area contributed by atoms with Crippen molar-refractivity contribution in [1.82, 2.24) is 0 Å². The molecule has 0 aliphatic rings. The highest BCUT2D eigenvalue weighted by Gasteiger charge is 2.07. The number of hydrogen-bond acceptors (Lipinski definition) is 5. The summed E-state index contributed by atoms with van der Waals surface area (Å²) in [5.41, 5.74) is 4.02. The van der Waals surface area contributed by atoms with Crippen LogP contribution in [0.15, 0.2) is 78.9 Å². The van der Waals surface area contributed by atoms with Crippen molar-refractivity contribution in [1.29, 1.82) is 0 Å². The van der Waals surface area contributed by atoms with Gasteiger partial charge < -0.3 is 14.2 Å². The van der Waals surface area contributed by atoms with Crippen LogP contribution in [0.5, 0.6) is 17.2 Å². The highest BCUT2D eigenvalue weighted by atomic mass is 16.5.